The number of carbonyl (C=O) groups excluding carboxylic acids is 1. The maximum absolute atomic E-state index is 14.0. The fraction of sp³-hybridized carbons (Fsp3) is 0.500. The molecule has 10 nitrogen and oxygen atoms in total. The number of nitrogens with one attached hydrogen (secondary N) is 2. The number of ether oxygens (including phenoxy) is 1. The van der Waals surface area contributed by atoms with Gasteiger partial charge in [0.1, 0.15) is 0 Å². The van der Waals surface area contributed by atoms with Crippen molar-refractivity contribution in [2.45, 2.75) is 65.6 Å². The van der Waals surface area contributed by atoms with Gasteiger partial charge in [-0.05, 0) is 105 Å². The van der Waals surface area contributed by atoms with Gasteiger partial charge in [0.2, 0.25) is 0 Å². The van der Waals surface area contributed by atoms with Gasteiger partial charge >= 0.3 is 5.69 Å². The molecule has 2 aromatic carbocycles. The molecule has 12 heteroatoms. The van der Waals surface area contributed by atoms with E-state index >= 15 is 0 Å². The third-order valence-corrected chi connectivity index (χ3v) is 11.2. The van der Waals surface area contributed by atoms with E-state index in [0.717, 1.165) is 64.1 Å². The van der Waals surface area contributed by atoms with Crippen molar-refractivity contribution >= 4 is 22.6 Å². The Morgan fingerprint density at radius 1 is 1.02 bits per heavy atom. The van der Waals surface area contributed by atoms with Crippen LogP contribution in [-0.4, -0.2) is 76.8 Å². The van der Waals surface area contributed by atoms with Crippen molar-refractivity contribution < 1.29 is 18.3 Å². The molecule has 0 spiro atoms. The number of hydrogen-bond donors (Lipinski definition) is 2. The minimum Gasteiger partial charge on any atom is -0.381 e. The van der Waals surface area contributed by atoms with Gasteiger partial charge in [-0.1, -0.05) is 6.07 Å². The van der Waals surface area contributed by atoms with Gasteiger partial charge in [-0.2, -0.15) is 0 Å². The number of carbonyl (C=O) groups is 1. The van der Waals surface area contributed by atoms with Crippen molar-refractivity contribution in [1.82, 2.24) is 24.3 Å². The zero-order valence-corrected chi connectivity index (χ0v) is 29.4. The van der Waals surface area contributed by atoms with Crippen LogP contribution in [0.1, 0.15) is 58.5 Å². The molecule has 1 saturated carbocycles. The highest BCUT2D eigenvalue weighted by atomic mass is 19.3. The van der Waals surface area contributed by atoms with Crippen LogP contribution in [0.3, 0.4) is 0 Å². The van der Waals surface area contributed by atoms with Crippen LogP contribution >= 0.6 is 0 Å². The molecule has 266 valence electrons. The highest BCUT2D eigenvalue weighted by molar-refractivity contribution is 5.99. The molecule has 2 atom stereocenters. The summed E-state index contributed by atoms with van der Waals surface area (Å²) in [5.74, 6) is 0.123. The number of rotatable bonds is 10. The summed E-state index contributed by atoms with van der Waals surface area (Å²) in [5.41, 5.74) is 7.45. The second kappa shape index (κ2) is 13.4. The number of amides is 1. The van der Waals surface area contributed by atoms with Crippen molar-refractivity contribution in [1.29, 1.82) is 0 Å². The molecule has 0 radical (unpaired) electrons. The van der Waals surface area contributed by atoms with Gasteiger partial charge in [0.05, 0.1) is 17.6 Å². The molecule has 7 rings (SSSR count). The number of fused-ring (bicyclic) bond motifs is 2. The topological polar surface area (TPSA) is 105 Å². The number of likely N-dealkylation sites (tertiary alicyclic amines) is 1. The van der Waals surface area contributed by atoms with E-state index < -0.39 is 6.43 Å². The van der Waals surface area contributed by atoms with E-state index in [0.29, 0.717) is 37.4 Å². The number of pyridine rings is 1. The molecular weight excluding hydrogens is 642 g/mol. The normalized spacial score (nSPS) is 20.8. The lowest BCUT2D eigenvalue weighted by molar-refractivity contribution is 0.0845. The molecule has 1 amide bonds. The maximum atomic E-state index is 14.0. The lowest BCUT2D eigenvalue weighted by Crippen LogP contribution is -2.40. The van der Waals surface area contributed by atoms with E-state index in [4.69, 9.17) is 4.74 Å². The minimum absolute atomic E-state index is 0.00855. The number of benzene rings is 2. The summed E-state index contributed by atoms with van der Waals surface area (Å²) in [6.07, 6.45) is -0.584. The lowest BCUT2D eigenvalue weighted by Gasteiger charge is -2.37. The lowest BCUT2D eigenvalue weighted by atomic mass is 9.95. The molecule has 2 aliphatic heterocycles. The Kier molecular flexibility index (Phi) is 9.19. The molecule has 50 heavy (non-hydrogen) atoms. The molecular formula is C38H46F2N6O4. The first kappa shape index (κ1) is 34.2. The maximum Gasteiger partial charge on any atom is 0.329 e. The number of aromatic amines is 1. The van der Waals surface area contributed by atoms with Gasteiger partial charge in [-0.3, -0.25) is 23.6 Å². The summed E-state index contributed by atoms with van der Waals surface area (Å²) in [7, 11) is 1.77. The Bertz CT molecular complexity index is 2050. The summed E-state index contributed by atoms with van der Waals surface area (Å²) in [4.78, 5) is 47.3. The molecule has 2 unspecified atom stereocenters. The largest absolute Gasteiger partial charge is 0.381 e. The zero-order chi connectivity index (χ0) is 35.4. The smallest absolute Gasteiger partial charge is 0.329 e. The summed E-state index contributed by atoms with van der Waals surface area (Å²) in [6.45, 7) is 11.0. The monoisotopic (exact) mass is 688 g/mol. The van der Waals surface area contributed by atoms with Crippen LogP contribution in [0.4, 0.5) is 14.5 Å². The van der Waals surface area contributed by atoms with E-state index in [1.165, 1.54) is 0 Å². The molecule has 2 N–H and O–H groups in total. The van der Waals surface area contributed by atoms with Crippen LogP contribution in [-0.2, 0) is 18.3 Å². The predicted molar refractivity (Wildman–Crippen MR) is 190 cm³/mol. The van der Waals surface area contributed by atoms with Gasteiger partial charge in [0.15, 0.2) is 0 Å². The fourth-order valence-corrected chi connectivity index (χ4v) is 8.53. The van der Waals surface area contributed by atoms with Crippen molar-refractivity contribution in [3.05, 3.63) is 85.2 Å². The molecule has 2 saturated heterocycles. The van der Waals surface area contributed by atoms with E-state index in [1.54, 1.807) is 16.5 Å². The van der Waals surface area contributed by atoms with Gasteiger partial charge < -0.3 is 19.9 Å². The first-order valence-corrected chi connectivity index (χ1v) is 17.6. The van der Waals surface area contributed by atoms with Gasteiger partial charge in [0, 0.05) is 81.0 Å². The van der Waals surface area contributed by atoms with E-state index in [-0.39, 0.29) is 54.2 Å². The summed E-state index contributed by atoms with van der Waals surface area (Å²) >= 11 is 0. The van der Waals surface area contributed by atoms with Crippen LogP contribution in [0, 0.1) is 32.6 Å². The summed E-state index contributed by atoms with van der Waals surface area (Å²) < 4.78 is 35.1. The Morgan fingerprint density at radius 3 is 2.40 bits per heavy atom. The second-order valence-corrected chi connectivity index (χ2v) is 14.3. The van der Waals surface area contributed by atoms with Gasteiger partial charge in [-0.25, -0.2) is 13.6 Å². The predicted octanol–water partition coefficient (Wildman–Crippen LogP) is 4.92. The van der Waals surface area contributed by atoms with E-state index in [2.05, 4.69) is 28.2 Å². The number of hydrogen-bond acceptors (Lipinski definition) is 6. The molecule has 3 aliphatic rings. The number of alkyl halides is 2. The van der Waals surface area contributed by atoms with Crippen molar-refractivity contribution in [3.8, 4) is 11.1 Å². The molecule has 4 aromatic rings. The number of imidazole rings is 1. The summed E-state index contributed by atoms with van der Waals surface area (Å²) in [5, 5.41) is 3.01. The van der Waals surface area contributed by atoms with Crippen LogP contribution in [0.25, 0.3) is 22.2 Å². The highest BCUT2D eigenvalue weighted by Gasteiger charge is 2.58. The number of anilines is 1. The van der Waals surface area contributed by atoms with Gasteiger partial charge in [-0.15, -0.1) is 0 Å². The highest BCUT2D eigenvalue weighted by Crippen LogP contribution is 2.55. The zero-order valence-electron chi connectivity index (χ0n) is 29.4. The third kappa shape index (κ3) is 6.17. The van der Waals surface area contributed by atoms with E-state index in [1.807, 2.05) is 55.7 Å². The van der Waals surface area contributed by atoms with Crippen LogP contribution < -0.4 is 21.5 Å². The Balaban J connectivity index is 1.25. The standard InChI is InChI=1S/C38H46F2N6O4/c1-6-45(26-9-11-50-12-10-26)32-16-25(14-27(23(32)4)36(47)41-17-28-21(2)13-22(3)42-37(28)48)24-7-8-31-33(15-24)43(5)38(49)46(31)35-29-18-44(19-30(29)35)20-34(39)40/h7-8,13-16,26,29-30,34-35H,6,9-12,17-20H2,1-5H3,(H,41,47)(H,42,48). The molecule has 4 heterocycles. The number of halogens is 2. The number of H-pyrrole nitrogens is 1. The Labute approximate surface area is 290 Å². The quantitative estimate of drug-likeness (QED) is 0.245. The SMILES string of the molecule is CCN(c1cc(-c2ccc3c(c2)n(C)c(=O)n3C2C3CN(CC(F)F)CC32)cc(C(=O)NCc2c(C)cc(C)[nH]c2=O)c1C)C1CCOCC1. The first-order chi connectivity index (χ1) is 24.0. The summed E-state index contributed by atoms with van der Waals surface area (Å²) in [6, 6.07) is 12.2. The fourth-order valence-electron chi connectivity index (χ4n) is 8.53. The average molecular weight is 689 g/mol. The van der Waals surface area contributed by atoms with Crippen molar-refractivity contribution in [2.75, 3.05) is 44.3 Å². The van der Waals surface area contributed by atoms with Crippen LogP contribution in [0.5, 0.6) is 0 Å². The Hall–Kier alpha value is -4.29. The third-order valence-electron chi connectivity index (χ3n) is 11.2. The number of nitrogens with zero attached hydrogens (tertiary/aromatic N) is 4. The Morgan fingerprint density at radius 2 is 1.74 bits per heavy atom. The van der Waals surface area contributed by atoms with Gasteiger partial charge in [0.25, 0.3) is 17.9 Å². The number of piperidine rings is 1. The minimum atomic E-state index is -2.36. The van der Waals surface area contributed by atoms with Crippen LogP contribution in [0.15, 0.2) is 46.0 Å². The molecule has 0 bridgehead atoms. The number of aryl methyl sites for hydroxylation is 3. The van der Waals surface area contributed by atoms with Crippen molar-refractivity contribution in [3.63, 3.8) is 0 Å². The molecule has 3 fully saturated rings. The second-order valence-electron chi connectivity index (χ2n) is 14.3. The van der Waals surface area contributed by atoms with Crippen LogP contribution in [0.2, 0.25) is 0 Å². The van der Waals surface area contributed by atoms with Crippen molar-refractivity contribution in [2.24, 2.45) is 18.9 Å². The molecule has 2 aromatic heterocycles. The van der Waals surface area contributed by atoms with E-state index in [9.17, 15) is 23.2 Å². The average Bonchev–Trinajstić information content (AvgIpc) is 3.43. The first-order valence-electron chi connectivity index (χ1n) is 17.6. The molecule has 1 aliphatic carbocycles. The number of aromatic nitrogens is 3.